The van der Waals surface area contributed by atoms with Gasteiger partial charge in [0.05, 0.1) is 0 Å². The Labute approximate surface area is 86.4 Å². The van der Waals surface area contributed by atoms with E-state index in [1.165, 1.54) is 0 Å². The van der Waals surface area contributed by atoms with Crippen molar-refractivity contribution in [3.8, 4) is 0 Å². The molecule has 0 spiro atoms. The molecule has 0 N–H and O–H groups in total. The van der Waals surface area contributed by atoms with Crippen LogP contribution in [0.3, 0.4) is 0 Å². The third-order valence-electron chi connectivity index (χ3n) is 1.41. The van der Waals surface area contributed by atoms with Gasteiger partial charge in [0, 0.05) is 0 Å². The summed E-state index contributed by atoms with van der Waals surface area (Å²) in [6.45, 7) is 0. The van der Waals surface area contributed by atoms with Gasteiger partial charge in [0.25, 0.3) is 11.6 Å². The minimum Gasteiger partial charge on any atom is -0.289 e. The van der Waals surface area contributed by atoms with Gasteiger partial charge in [-0.05, 0) is 0 Å². The van der Waals surface area contributed by atoms with E-state index in [1.54, 1.807) is 0 Å². The van der Waals surface area contributed by atoms with Crippen LogP contribution in [-0.4, -0.2) is 36.0 Å². The van der Waals surface area contributed by atoms with E-state index >= 15 is 0 Å². The molecule has 0 rings (SSSR count). The van der Waals surface area contributed by atoms with E-state index in [0.29, 0.717) is 0 Å². The van der Waals surface area contributed by atoms with Gasteiger partial charge in [-0.1, -0.05) is 0 Å². The van der Waals surface area contributed by atoms with Crippen LogP contribution in [0.15, 0.2) is 0 Å². The van der Waals surface area contributed by atoms with Crippen LogP contribution in [0.1, 0.15) is 0 Å². The fourth-order valence-electron chi connectivity index (χ4n) is 0.562. The first-order valence-electron chi connectivity index (χ1n) is 3.47. The summed E-state index contributed by atoms with van der Waals surface area (Å²) in [5, 5.41) is 0. The highest BCUT2D eigenvalue weighted by Gasteiger charge is 2.67. The number of carbonyl (C=O) groups excluding carboxylic acids is 2. The first-order chi connectivity index (χ1) is 7.23. The topological polar surface area (TPSA) is 34.1 Å². The van der Waals surface area contributed by atoms with Gasteiger partial charge in [0.1, 0.15) is 0 Å². The highest BCUT2D eigenvalue weighted by molar-refractivity contribution is 6.10. The van der Waals surface area contributed by atoms with Crippen molar-refractivity contribution in [3.63, 3.8) is 0 Å². The first-order valence-corrected chi connectivity index (χ1v) is 3.47. The fourth-order valence-corrected chi connectivity index (χ4v) is 0.562. The van der Waals surface area contributed by atoms with Crippen LogP contribution >= 0.6 is 0 Å². The maximum absolute atomic E-state index is 12.3. The fraction of sp³-hybridized carbons (Fsp3) is 0.667. The number of hydrogen-bond acceptors (Lipinski definition) is 2. The first kappa shape index (κ1) is 15.7. The van der Waals surface area contributed by atoms with Crippen molar-refractivity contribution in [1.29, 1.82) is 0 Å². The number of ketones is 2. The Hall–Kier alpha value is -1.29. The minimum atomic E-state index is -6.58. The zero-order chi connectivity index (χ0) is 14.2. The van der Waals surface area contributed by atoms with Crippen LogP contribution in [0.4, 0.5) is 39.5 Å². The number of Topliss-reactive ketones (excluding diaryl/α,β-unsaturated/α-hetero) is 2. The third kappa shape index (κ3) is 3.09. The van der Waals surface area contributed by atoms with E-state index in [1.807, 2.05) is 0 Å². The predicted octanol–water partition coefficient (Wildman–Crippen LogP) is 2.22. The molecule has 0 aromatic heterocycles. The second-order valence-electron chi connectivity index (χ2n) is 2.66. The molecule has 0 amide bonds. The lowest BCUT2D eigenvalue weighted by Crippen LogP contribution is -2.51. The van der Waals surface area contributed by atoms with E-state index in [9.17, 15) is 49.1 Å². The van der Waals surface area contributed by atoms with Crippen LogP contribution in [0.2, 0.25) is 0 Å². The summed E-state index contributed by atoms with van der Waals surface area (Å²) < 4.78 is 105. The van der Waals surface area contributed by atoms with Gasteiger partial charge >= 0.3 is 18.3 Å². The van der Waals surface area contributed by atoms with Crippen molar-refractivity contribution in [2.24, 2.45) is 0 Å². The molecule has 1 unspecified atom stereocenters. The van der Waals surface area contributed by atoms with E-state index in [4.69, 9.17) is 0 Å². The van der Waals surface area contributed by atoms with E-state index < -0.39 is 36.0 Å². The maximum atomic E-state index is 12.3. The normalized spacial score (nSPS) is 15.6. The smallest absolute Gasteiger partial charge is 0.289 e. The summed E-state index contributed by atoms with van der Waals surface area (Å²) in [7, 11) is 0. The van der Waals surface area contributed by atoms with Gasteiger partial charge in [-0.25, -0.2) is 4.39 Å². The molecule has 17 heavy (non-hydrogen) atoms. The van der Waals surface area contributed by atoms with Crippen molar-refractivity contribution in [2.75, 3.05) is 0 Å². The SMILES string of the molecule is O=C(C(F)C(=O)C(F)(F)C(F)(F)F)C(F)(F)F. The molecular weight excluding hydrogens is 275 g/mol. The van der Waals surface area contributed by atoms with Gasteiger partial charge in [-0.15, -0.1) is 0 Å². The molecule has 0 aliphatic heterocycles. The summed E-state index contributed by atoms with van der Waals surface area (Å²) in [5.41, 5.74) is 0. The molecule has 1 atom stereocenters. The zero-order valence-electron chi connectivity index (χ0n) is 7.30. The molecule has 0 aliphatic carbocycles. The molecule has 0 fully saturated rings. The average molecular weight is 276 g/mol. The largest absolute Gasteiger partial charge is 0.461 e. The highest BCUT2D eigenvalue weighted by atomic mass is 19.4. The molecular formula is C6HF9O2. The van der Waals surface area contributed by atoms with Gasteiger partial charge < -0.3 is 0 Å². The standard InChI is InChI=1S/C6HF9O2/c7-1(3(17)5(10,11)12)2(16)4(8,9)6(13,14)15/h1H. The minimum absolute atomic E-state index is 3.62. The van der Waals surface area contributed by atoms with Crippen LogP contribution in [0.5, 0.6) is 0 Å². The van der Waals surface area contributed by atoms with Crippen LogP contribution in [0, 0.1) is 0 Å². The average Bonchev–Trinajstić information content (AvgIpc) is 2.10. The molecule has 0 bridgehead atoms. The van der Waals surface area contributed by atoms with Gasteiger partial charge in [-0.3, -0.25) is 9.59 Å². The number of carbonyl (C=O) groups is 2. The maximum Gasteiger partial charge on any atom is 0.461 e. The Morgan fingerprint density at radius 1 is 0.765 bits per heavy atom. The molecule has 11 heteroatoms. The predicted molar refractivity (Wildman–Crippen MR) is 32.0 cm³/mol. The van der Waals surface area contributed by atoms with Gasteiger partial charge in [0.15, 0.2) is 0 Å². The zero-order valence-corrected chi connectivity index (χ0v) is 7.30. The number of halogens is 9. The van der Waals surface area contributed by atoms with Crippen molar-refractivity contribution >= 4 is 11.6 Å². The molecule has 0 aromatic rings. The Morgan fingerprint density at radius 2 is 1.12 bits per heavy atom. The molecule has 0 aromatic carbocycles. The second-order valence-corrected chi connectivity index (χ2v) is 2.66. The monoisotopic (exact) mass is 276 g/mol. The molecule has 0 aliphatic rings. The van der Waals surface area contributed by atoms with Crippen LogP contribution in [0.25, 0.3) is 0 Å². The van der Waals surface area contributed by atoms with Crippen molar-refractivity contribution in [3.05, 3.63) is 0 Å². The van der Waals surface area contributed by atoms with Crippen LogP contribution in [-0.2, 0) is 9.59 Å². The van der Waals surface area contributed by atoms with Gasteiger partial charge in [-0.2, -0.15) is 35.1 Å². The summed E-state index contributed by atoms with van der Waals surface area (Å²) in [6, 6.07) is 0. The highest BCUT2D eigenvalue weighted by Crippen LogP contribution is 2.38. The Kier molecular flexibility index (Phi) is 3.87. The van der Waals surface area contributed by atoms with E-state index in [-0.39, 0.29) is 0 Å². The second kappa shape index (κ2) is 4.18. The number of alkyl halides is 9. The lowest BCUT2D eigenvalue weighted by molar-refractivity contribution is -0.270. The molecule has 100 valence electrons. The van der Waals surface area contributed by atoms with E-state index in [0.717, 1.165) is 0 Å². The van der Waals surface area contributed by atoms with Crippen molar-refractivity contribution in [2.45, 2.75) is 24.4 Å². The van der Waals surface area contributed by atoms with Crippen LogP contribution < -0.4 is 0 Å². The van der Waals surface area contributed by atoms with Crippen molar-refractivity contribution in [1.82, 2.24) is 0 Å². The lowest BCUT2D eigenvalue weighted by Gasteiger charge is -2.19. The molecule has 2 nitrogen and oxygen atoms in total. The molecule has 0 heterocycles. The number of hydrogen-bond donors (Lipinski definition) is 0. The molecule has 0 saturated carbocycles. The summed E-state index contributed by atoms with van der Waals surface area (Å²) in [4.78, 5) is 20.1. The Bertz CT molecular complexity index is 325. The Balaban J connectivity index is 5.16. The lowest BCUT2D eigenvalue weighted by atomic mass is 10.1. The van der Waals surface area contributed by atoms with E-state index in [2.05, 4.69) is 0 Å². The number of rotatable bonds is 3. The summed E-state index contributed by atoms with van der Waals surface area (Å²) >= 11 is 0. The third-order valence-corrected chi connectivity index (χ3v) is 1.41. The molecule has 0 saturated heterocycles. The summed E-state index contributed by atoms with van der Waals surface area (Å²) in [6.07, 6.45) is -17.2. The Morgan fingerprint density at radius 3 is 1.35 bits per heavy atom. The quantitative estimate of drug-likeness (QED) is 0.585. The van der Waals surface area contributed by atoms with Crippen molar-refractivity contribution < 1.29 is 49.1 Å². The van der Waals surface area contributed by atoms with Gasteiger partial charge in [0.2, 0.25) is 6.17 Å². The summed E-state index contributed by atoms with van der Waals surface area (Å²) in [5.74, 6) is -13.8. The molecule has 0 radical (unpaired) electrons.